The third-order valence-corrected chi connectivity index (χ3v) is 10.9. The smallest absolute Gasteiger partial charge is 0.134 e. The molecule has 0 saturated heterocycles. The SMILES string of the molecule is C=C/C=C\NPn1cccc1.C=CC=C.CCCCC1(CCCC)c2cc(C(C)(C)C)cc(C)c2Oc2c(C)cc(C(C)(C)C)cc21.NPn1cccc1. The zero-order chi connectivity index (χ0) is 40.4. The van der Waals surface area contributed by atoms with Crippen LogP contribution < -0.4 is 15.3 Å². The van der Waals surface area contributed by atoms with Crippen LogP contribution in [-0.2, 0) is 16.2 Å². The van der Waals surface area contributed by atoms with Crippen LogP contribution in [0.2, 0.25) is 0 Å². The molecular weight excluding hydrogens is 698 g/mol. The van der Waals surface area contributed by atoms with E-state index in [1.54, 1.807) is 18.2 Å². The second-order valence-electron chi connectivity index (χ2n) is 15.9. The number of fused-ring (bicyclic) bond motifs is 2. The van der Waals surface area contributed by atoms with E-state index in [4.69, 9.17) is 10.2 Å². The minimum Gasteiger partial charge on any atom is -0.456 e. The molecule has 294 valence electrons. The summed E-state index contributed by atoms with van der Waals surface area (Å²) in [7, 11) is 0.942. The van der Waals surface area contributed by atoms with E-state index < -0.39 is 0 Å². The fraction of sp³-hybridized carbons (Fsp3) is 0.404. The molecule has 0 bridgehead atoms. The summed E-state index contributed by atoms with van der Waals surface area (Å²) in [4.78, 5) is 0. The van der Waals surface area contributed by atoms with Gasteiger partial charge in [0.25, 0.3) is 0 Å². The highest BCUT2D eigenvalue weighted by Crippen LogP contribution is 2.56. The second kappa shape index (κ2) is 22.7. The van der Waals surface area contributed by atoms with Crippen molar-refractivity contribution in [2.45, 2.75) is 124 Å². The van der Waals surface area contributed by atoms with Crippen molar-refractivity contribution in [1.82, 2.24) is 13.8 Å². The summed E-state index contributed by atoms with van der Waals surface area (Å²) in [6.07, 6.45) is 24.0. The van der Waals surface area contributed by atoms with E-state index in [-0.39, 0.29) is 16.2 Å². The molecule has 4 aromatic rings. The third kappa shape index (κ3) is 13.6. The first-order valence-corrected chi connectivity index (χ1v) is 21.3. The molecule has 2 atom stereocenters. The molecule has 5 nitrogen and oxygen atoms in total. The van der Waals surface area contributed by atoms with E-state index >= 15 is 0 Å². The Morgan fingerprint density at radius 3 is 1.46 bits per heavy atom. The normalized spacial score (nSPS) is 13.1. The number of benzene rings is 2. The van der Waals surface area contributed by atoms with Gasteiger partial charge in [-0.2, -0.15) is 0 Å². The summed E-state index contributed by atoms with van der Waals surface area (Å²) in [5.74, 6) is 2.23. The molecule has 1 aliphatic heterocycles. The second-order valence-corrected chi connectivity index (χ2v) is 17.7. The molecule has 2 aromatic carbocycles. The number of hydrogen-bond donors (Lipinski definition) is 2. The lowest BCUT2D eigenvalue weighted by Gasteiger charge is -2.43. The van der Waals surface area contributed by atoms with Gasteiger partial charge in [-0.15, -0.1) is 0 Å². The van der Waals surface area contributed by atoms with E-state index in [9.17, 15) is 0 Å². The molecule has 5 rings (SSSR count). The first-order chi connectivity index (χ1) is 25.6. The van der Waals surface area contributed by atoms with Crippen molar-refractivity contribution in [2.75, 3.05) is 0 Å². The summed E-state index contributed by atoms with van der Waals surface area (Å²) in [6, 6.07) is 17.6. The zero-order valence-electron chi connectivity index (χ0n) is 35.1. The molecule has 0 saturated carbocycles. The lowest BCUT2D eigenvalue weighted by molar-refractivity contribution is 0.338. The monoisotopic (exact) mass is 769 g/mol. The molecule has 7 heteroatoms. The predicted molar refractivity (Wildman–Crippen MR) is 243 cm³/mol. The average molecular weight is 769 g/mol. The lowest BCUT2D eigenvalue weighted by atomic mass is 9.64. The van der Waals surface area contributed by atoms with E-state index in [1.807, 2.05) is 65.7 Å². The van der Waals surface area contributed by atoms with Crippen LogP contribution in [0.15, 0.2) is 124 Å². The number of hydrogen-bond acceptors (Lipinski definition) is 3. The van der Waals surface area contributed by atoms with Crippen LogP contribution >= 0.6 is 17.8 Å². The maximum atomic E-state index is 6.79. The molecule has 0 aliphatic carbocycles. The number of nitrogens with two attached hydrogens (primary N) is 1. The van der Waals surface area contributed by atoms with Gasteiger partial charge in [-0.3, -0.25) is 5.50 Å². The van der Waals surface area contributed by atoms with Gasteiger partial charge in [0.15, 0.2) is 0 Å². The van der Waals surface area contributed by atoms with E-state index in [1.165, 1.54) is 71.9 Å². The number of aromatic nitrogens is 2. The van der Waals surface area contributed by atoms with Gasteiger partial charge in [0, 0.05) is 56.4 Å². The van der Waals surface area contributed by atoms with Crippen LogP contribution in [0.1, 0.15) is 127 Å². The van der Waals surface area contributed by atoms with Crippen molar-refractivity contribution in [3.8, 4) is 11.5 Å². The number of nitrogens with one attached hydrogen (secondary N) is 1. The highest BCUT2D eigenvalue weighted by atomic mass is 31.1. The van der Waals surface area contributed by atoms with Crippen LogP contribution in [0.4, 0.5) is 0 Å². The fourth-order valence-corrected chi connectivity index (χ4v) is 7.31. The van der Waals surface area contributed by atoms with Crippen LogP contribution in [0.25, 0.3) is 0 Å². The predicted octanol–water partition coefficient (Wildman–Crippen LogP) is 14.0. The van der Waals surface area contributed by atoms with Crippen LogP contribution in [0.5, 0.6) is 11.5 Å². The van der Waals surface area contributed by atoms with Crippen molar-refractivity contribution in [2.24, 2.45) is 5.50 Å². The molecular formula is C47H70N4OP2. The summed E-state index contributed by atoms with van der Waals surface area (Å²) >= 11 is 0. The number of aryl methyl sites for hydroxylation is 2. The minimum atomic E-state index is 0.0208. The highest BCUT2D eigenvalue weighted by molar-refractivity contribution is 7.34. The maximum absolute atomic E-state index is 6.79. The van der Waals surface area contributed by atoms with Gasteiger partial charge in [0.1, 0.15) is 11.5 Å². The van der Waals surface area contributed by atoms with Gasteiger partial charge in [-0.1, -0.05) is 143 Å². The molecule has 0 amide bonds. The lowest BCUT2D eigenvalue weighted by Crippen LogP contribution is -2.33. The van der Waals surface area contributed by atoms with Crippen LogP contribution in [0.3, 0.4) is 0 Å². The Labute approximate surface area is 333 Å². The van der Waals surface area contributed by atoms with E-state index in [0.717, 1.165) is 11.5 Å². The summed E-state index contributed by atoms with van der Waals surface area (Å²) in [5, 5.41) is 3.13. The van der Waals surface area contributed by atoms with Crippen LogP contribution in [0, 0.1) is 13.8 Å². The number of rotatable bonds is 12. The van der Waals surface area contributed by atoms with Crippen molar-refractivity contribution in [3.05, 3.63) is 157 Å². The first kappa shape index (κ1) is 46.5. The third-order valence-electron chi connectivity index (χ3n) is 9.46. The Morgan fingerprint density at radius 1 is 0.704 bits per heavy atom. The van der Waals surface area contributed by atoms with E-state index in [2.05, 4.69) is 123 Å². The number of nitrogens with zero attached hydrogens (tertiary/aromatic N) is 2. The Hall–Kier alpha value is -3.62. The summed E-state index contributed by atoms with van der Waals surface area (Å²) < 4.78 is 10.8. The Kier molecular flexibility index (Phi) is 19.5. The van der Waals surface area contributed by atoms with Gasteiger partial charge in [0.2, 0.25) is 0 Å². The van der Waals surface area contributed by atoms with Gasteiger partial charge in [-0.05, 0) is 90.1 Å². The van der Waals surface area contributed by atoms with E-state index in [0.29, 0.717) is 17.8 Å². The van der Waals surface area contributed by atoms with Crippen molar-refractivity contribution < 1.29 is 4.74 Å². The van der Waals surface area contributed by atoms with Crippen LogP contribution in [-0.4, -0.2) is 8.68 Å². The Balaban J connectivity index is 0.000000369. The molecule has 1 aliphatic rings. The molecule has 3 heterocycles. The molecule has 2 unspecified atom stereocenters. The maximum Gasteiger partial charge on any atom is 0.134 e. The topological polar surface area (TPSA) is 57.1 Å². The average Bonchev–Trinajstić information content (AvgIpc) is 3.87. The molecule has 54 heavy (non-hydrogen) atoms. The summed E-state index contributed by atoms with van der Waals surface area (Å²) in [5.41, 5.74) is 13.8. The summed E-state index contributed by atoms with van der Waals surface area (Å²) in [6.45, 7) is 33.4. The van der Waals surface area contributed by atoms with Crippen molar-refractivity contribution in [1.29, 1.82) is 0 Å². The van der Waals surface area contributed by atoms with Gasteiger partial charge >= 0.3 is 0 Å². The Bertz CT molecular complexity index is 1650. The molecule has 3 N–H and O–H groups in total. The van der Waals surface area contributed by atoms with Gasteiger partial charge in [-0.25, -0.2) is 0 Å². The number of unbranched alkanes of at least 4 members (excludes halogenated alkanes) is 2. The van der Waals surface area contributed by atoms with Crippen molar-refractivity contribution >= 4 is 17.8 Å². The quantitative estimate of drug-likeness (QED) is 0.111. The highest BCUT2D eigenvalue weighted by Gasteiger charge is 2.43. The number of ether oxygens (including phenoxy) is 1. The first-order valence-electron chi connectivity index (χ1n) is 19.4. The fourth-order valence-electron chi connectivity index (χ4n) is 6.32. The zero-order valence-corrected chi connectivity index (χ0v) is 37.1. The minimum absolute atomic E-state index is 0.0208. The van der Waals surface area contributed by atoms with Crippen molar-refractivity contribution in [3.63, 3.8) is 0 Å². The number of allylic oxidation sites excluding steroid dienone is 4. The molecule has 0 spiro atoms. The largest absolute Gasteiger partial charge is 0.456 e. The molecule has 0 fully saturated rings. The Morgan fingerprint density at radius 2 is 1.13 bits per heavy atom. The molecule has 2 aromatic heterocycles. The van der Waals surface area contributed by atoms with Gasteiger partial charge < -0.3 is 18.5 Å². The molecule has 0 radical (unpaired) electrons. The standard InChI is InChI=1S/C31H46O.C8H11N2P.C4H7N2P.C4H6/c1-11-13-15-31(16-14-12-2)25-19-23(29(5,6)7)17-21(3)27(25)32-28-22(4)18-24(20-26(28)31)30(8,9)10;1-2-3-6-9-11-10-7-4-5-8-10;5-7-6-3-1-2-4-6;1-3-4-2/h17-20H,11-16H2,1-10H3;2-9,11H,1H2;1-4,7H,5H2;3-4H,1-2H2/b;6-3-;;. The van der Waals surface area contributed by atoms with Gasteiger partial charge in [0.05, 0.1) is 8.88 Å².